The summed E-state index contributed by atoms with van der Waals surface area (Å²) in [7, 11) is 0. The zero-order chi connectivity index (χ0) is 12.1. The van der Waals surface area contributed by atoms with Crippen molar-refractivity contribution in [1.82, 2.24) is 0 Å². The summed E-state index contributed by atoms with van der Waals surface area (Å²) in [6, 6.07) is 0.294. The summed E-state index contributed by atoms with van der Waals surface area (Å²) < 4.78 is 11.4. The van der Waals surface area contributed by atoms with Crippen molar-refractivity contribution in [2.45, 2.75) is 63.5 Å². The first kappa shape index (κ1) is 13.3. The van der Waals surface area contributed by atoms with E-state index < -0.39 is 0 Å². The van der Waals surface area contributed by atoms with Crippen LogP contribution in [0.5, 0.6) is 0 Å². The van der Waals surface area contributed by atoms with Gasteiger partial charge in [-0.3, -0.25) is 0 Å². The van der Waals surface area contributed by atoms with E-state index in [1.807, 2.05) is 6.92 Å². The van der Waals surface area contributed by atoms with Crippen LogP contribution in [-0.2, 0) is 9.47 Å². The van der Waals surface area contributed by atoms with Gasteiger partial charge in [0.05, 0.1) is 5.60 Å². The molecule has 2 unspecified atom stereocenters. The Bertz CT molecular complexity index is 226. The lowest BCUT2D eigenvalue weighted by Crippen LogP contribution is -2.44. The van der Waals surface area contributed by atoms with E-state index in [1.165, 1.54) is 32.1 Å². The van der Waals surface area contributed by atoms with Crippen LogP contribution in [0.2, 0.25) is 0 Å². The van der Waals surface area contributed by atoms with Gasteiger partial charge in [-0.1, -0.05) is 12.8 Å². The van der Waals surface area contributed by atoms with Crippen molar-refractivity contribution in [1.29, 1.82) is 0 Å². The van der Waals surface area contributed by atoms with E-state index in [1.54, 1.807) is 0 Å². The number of ether oxygens (including phenoxy) is 2. The zero-order valence-corrected chi connectivity index (χ0v) is 11.1. The van der Waals surface area contributed by atoms with E-state index in [0.29, 0.717) is 12.0 Å². The second-order valence-corrected chi connectivity index (χ2v) is 5.64. The van der Waals surface area contributed by atoms with Crippen LogP contribution < -0.4 is 5.73 Å². The van der Waals surface area contributed by atoms with Crippen molar-refractivity contribution in [2.24, 2.45) is 11.7 Å². The number of hydrogen-bond acceptors (Lipinski definition) is 3. The van der Waals surface area contributed by atoms with Gasteiger partial charge >= 0.3 is 0 Å². The van der Waals surface area contributed by atoms with Crippen molar-refractivity contribution in [3.8, 4) is 0 Å². The summed E-state index contributed by atoms with van der Waals surface area (Å²) in [5.74, 6) is 0.641. The molecule has 1 spiro atoms. The molecule has 0 aromatic carbocycles. The quantitative estimate of drug-likeness (QED) is 0.752. The highest BCUT2D eigenvalue weighted by Gasteiger charge is 2.41. The molecule has 2 aliphatic rings. The Morgan fingerprint density at radius 1 is 1.41 bits per heavy atom. The highest BCUT2D eigenvalue weighted by atomic mass is 16.5. The highest BCUT2D eigenvalue weighted by Crippen LogP contribution is 2.42. The van der Waals surface area contributed by atoms with Gasteiger partial charge in [-0.2, -0.15) is 0 Å². The maximum Gasteiger partial charge on any atom is 0.0685 e. The van der Waals surface area contributed by atoms with Crippen molar-refractivity contribution in [2.75, 3.05) is 19.8 Å². The van der Waals surface area contributed by atoms with Crippen molar-refractivity contribution in [3.05, 3.63) is 0 Å². The van der Waals surface area contributed by atoms with Crippen molar-refractivity contribution >= 4 is 0 Å². The molecular weight excluding hydrogens is 214 g/mol. The Morgan fingerprint density at radius 3 is 2.88 bits per heavy atom. The van der Waals surface area contributed by atoms with Gasteiger partial charge in [0, 0.05) is 25.9 Å². The monoisotopic (exact) mass is 241 g/mol. The lowest BCUT2D eigenvalue weighted by molar-refractivity contribution is -0.0971. The summed E-state index contributed by atoms with van der Waals surface area (Å²) in [5.41, 5.74) is 6.51. The van der Waals surface area contributed by atoms with Crippen molar-refractivity contribution < 1.29 is 9.47 Å². The molecule has 2 rings (SSSR count). The van der Waals surface area contributed by atoms with Gasteiger partial charge in [0.15, 0.2) is 0 Å². The van der Waals surface area contributed by atoms with Crippen LogP contribution in [0.25, 0.3) is 0 Å². The average molecular weight is 241 g/mol. The second-order valence-electron chi connectivity index (χ2n) is 5.64. The fraction of sp³-hybridized carbons (Fsp3) is 1.00. The molecule has 2 fully saturated rings. The Morgan fingerprint density at radius 2 is 2.18 bits per heavy atom. The van der Waals surface area contributed by atoms with E-state index in [9.17, 15) is 0 Å². The van der Waals surface area contributed by atoms with Crippen LogP contribution in [0.1, 0.15) is 51.9 Å². The maximum absolute atomic E-state index is 6.30. The van der Waals surface area contributed by atoms with Gasteiger partial charge in [0.1, 0.15) is 0 Å². The standard InChI is InChI=1S/C14H27NO2/c1-2-16-9-6-13(15)12-5-10-17-14(11-12)7-3-4-8-14/h12-13H,2-11,15H2,1H3. The topological polar surface area (TPSA) is 44.5 Å². The summed E-state index contributed by atoms with van der Waals surface area (Å²) in [5, 5.41) is 0. The van der Waals surface area contributed by atoms with Gasteiger partial charge in [0.2, 0.25) is 0 Å². The van der Waals surface area contributed by atoms with Crippen LogP contribution in [-0.4, -0.2) is 31.5 Å². The van der Waals surface area contributed by atoms with Crippen LogP contribution in [0.15, 0.2) is 0 Å². The van der Waals surface area contributed by atoms with E-state index >= 15 is 0 Å². The Hall–Kier alpha value is -0.120. The molecule has 0 amide bonds. The summed E-state index contributed by atoms with van der Waals surface area (Å²) in [6.45, 7) is 4.55. The Kier molecular flexibility index (Phi) is 4.83. The summed E-state index contributed by atoms with van der Waals surface area (Å²) in [4.78, 5) is 0. The predicted octanol–water partition coefficient (Wildman–Crippen LogP) is 2.48. The smallest absolute Gasteiger partial charge is 0.0685 e. The Labute approximate surface area is 105 Å². The van der Waals surface area contributed by atoms with Gasteiger partial charge in [-0.25, -0.2) is 0 Å². The minimum absolute atomic E-state index is 0.201. The van der Waals surface area contributed by atoms with E-state index in [0.717, 1.165) is 32.7 Å². The minimum Gasteiger partial charge on any atom is -0.382 e. The molecule has 0 aromatic rings. The second kappa shape index (κ2) is 6.17. The molecule has 1 saturated heterocycles. The molecule has 0 aromatic heterocycles. The lowest BCUT2D eigenvalue weighted by atomic mass is 9.80. The summed E-state index contributed by atoms with van der Waals surface area (Å²) >= 11 is 0. The molecule has 0 radical (unpaired) electrons. The SMILES string of the molecule is CCOCCC(N)C1CCOC2(CCCC2)C1. The Balaban J connectivity index is 1.79. The molecule has 0 bridgehead atoms. The molecule has 2 N–H and O–H groups in total. The van der Waals surface area contributed by atoms with Crippen LogP contribution >= 0.6 is 0 Å². The van der Waals surface area contributed by atoms with Crippen LogP contribution in [0, 0.1) is 5.92 Å². The largest absolute Gasteiger partial charge is 0.382 e. The molecule has 2 atom stereocenters. The molecule has 3 heteroatoms. The normalized spacial score (nSPS) is 29.6. The predicted molar refractivity (Wildman–Crippen MR) is 69.0 cm³/mol. The van der Waals surface area contributed by atoms with Gasteiger partial charge in [0.25, 0.3) is 0 Å². The van der Waals surface area contributed by atoms with Crippen LogP contribution in [0.4, 0.5) is 0 Å². The third-order valence-corrected chi connectivity index (χ3v) is 4.45. The fourth-order valence-electron chi connectivity index (χ4n) is 3.40. The lowest BCUT2D eigenvalue weighted by Gasteiger charge is -2.40. The van der Waals surface area contributed by atoms with Crippen molar-refractivity contribution in [3.63, 3.8) is 0 Å². The summed E-state index contributed by atoms with van der Waals surface area (Å²) in [6.07, 6.45) is 8.48. The molecule has 1 heterocycles. The fourth-order valence-corrected chi connectivity index (χ4v) is 3.40. The molecule has 1 aliphatic heterocycles. The minimum atomic E-state index is 0.201. The third kappa shape index (κ3) is 3.43. The molecule has 100 valence electrons. The average Bonchev–Trinajstić information content (AvgIpc) is 2.77. The van der Waals surface area contributed by atoms with Gasteiger partial charge in [-0.05, 0) is 44.9 Å². The molecular formula is C14H27NO2. The first-order valence-corrected chi connectivity index (χ1v) is 7.23. The maximum atomic E-state index is 6.30. The number of nitrogens with two attached hydrogens (primary N) is 1. The van der Waals surface area contributed by atoms with Gasteiger partial charge < -0.3 is 15.2 Å². The molecule has 1 saturated carbocycles. The molecule has 1 aliphatic carbocycles. The number of rotatable bonds is 5. The third-order valence-electron chi connectivity index (χ3n) is 4.45. The first-order valence-electron chi connectivity index (χ1n) is 7.23. The van der Waals surface area contributed by atoms with E-state index in [-0.39, 0.29) is 5.60 Å². The number of hydrogen-bond donors (Lipinski definition) is 1. The van der Waals surface area contributed by atoms with E-state index in [4.69, 9.17) is 15.2 Å². The van der Waals surface area contributed by atoms with Gasteiger partial charge in [-0.15, -0.1) is 0 Å². The zero-order valence-electron chi connectivity index (χ0n) is 11.1. The highest BCUT2D eigenvalue weighted by molar-refractivity contribution is 4.93. The molecule has 3 nitrogen and oxygen atoms in total. The first-order chi connectivity index (χ1) is 8.26. The van der Waals surface area contributed by atoms with E-state index in [2.05, 4.69) is 0 Å². The molecule has 17 heavy (non-hydrogen) atoms. The van der Waals surface area contributed by atoms with Crippen LogP contribution in [0.3, 0.4) is 0 Å².